The third-order valence-corrected chi connectivity index (χ3v) is 14.2. The Morgan fingerprint density at radius 2 is 1.45 bits per heavy atom. The van der Waals surface area contributed by atoms with E-state index in [1.165, 1.54) is 30.3 Å². The van der Waals surface area contributed by atoms with Gasteiger partial charge < -0.3 is 19.5 Å². The Balaban J connectivity index is 1.45. The quantitative estimate of drug-likeness (QED) is 0.0459. The molecule has 0 spiro atoms. The number of nitrogens with zero attached hydrogens (tertiary/aromatic N) is 3. The third kappa shape index (κ3) is 12.8. The molecule has 0 bridgehead atoms. The lowest BCUT2D eigenvalue weighted by atomic mass is 9.81. The monoisotopic (exact) mass is 994 g/mol. The summed E-state index contributed by atoms with van der Waals surface area (Å²) < 4.78 is 143. The number of rotatable bonds is 21. The van der Waals surface area contributed by atoms with E-state index in [0.29, 0.717) is 52.3 Å². The summed E-state index contributed by atoms with van der Waals surface area (Å²) >= 11 is 0. The Hall–Kier alpha value is -5.18. The minimum atomic E-state index is -4.85. The largest absolute Gasteiger partial charge is 0.744 e. The molecule has 3 heterocycles. The van der Waals surface area contributed by atoms with Crippen molar-refractivity contribution in [1.82, 2.24) is 10.2 Å². The normalized spacial score (nSPS) is 18.1. The number of nitrogens with one attached hydrogen (secondary N) is 1. The number of imide groups is 1. The Morgan fingerprint density at radius 1 is 0.818 bits per heavy atom. The standard InChI is InChI=1S/C42H50N4O16S4/c1-41(2)32-26-30(65(56,57)58)13-15-34(32)44(21-24-63(50,51)52)36(41)11-5-8-29(10-7-23-62-28-38(47)43-19-20-46-39(48)17-18-40(46)49)9-6-12-37-42(3,4)33-27-31(66(59,60)61)14-16-35(33)45(37)22-25-64(53,54)55/h5-6,8-9,11-18,26-27H,7,10,19-25,28H2,1-4H3,(H4-,43,47,50,51,52,53,54,55,56,57,58,59,60,61). The summed E-state index contributed by atoms with van der Waals surface area (Å²) in [5.74, 6) is -2.78. The second-order valence-corrected chi connectivity index (χ2v) is 22.4. The first-order chi connectivity index (χ1) is 30.5. The third-order valence-electron chi connectivity index (χ3n) is 11.1. The van der Waals surface area contributed by atoms with E-state index < -0.39 is 85.4 Å². The lowest BCUT2D eigenvalue weighted by Gasteiger charge is -2.26. The van der Waals surface area contributed by atoms with Gasteiger partial charge in [0.25, 0.3) is 42.2 Å². The lowest BCUT2D eigenvalue weighted by molar-refractivity contribution is -0.432. The van der Waals surface area contributed by atoms with Crippen LogP contribution >= 0.6 is 0 Å². The Labute approximate surface area is 383 Å². The van der Waals surface area contributed by atoms with Gasteiger partial charge in [0, 0.05) is 72.9 Å². The lowest BCUT2D eigenvalue weighted by Crippen LogP contribution is -2.39. The molecule has 3 aliphatic heterocycles. The molecule has 2 aromatic rings. The summed E-state index contributed by atoms with van der Waals surface area (Å²) in [6.45, 7) is 6.38. The zero-order valence-corrected chi connectivity index (χ0v) is 39.5. The van der Waals surface area contributed by atoms with Crippen LogP contribution < -0.4 is 10.2 Å². The molecule has 2 aromatic carbocycles. The minimum Gasteiger partial charge on any atom is -0.744 e. The fourth-order valence-corrected chi connectivity index (χ4v) is 9.65. The van der Waals surface area contributed by atoms with Gasteiger partial charge in [-0.1, -0.05) is 38.2 Å². The van der Waals surface area contributed by atoms with E-state index in [2.05, 4.69) is 5.32 Å². The van der Waals surface area contributed by atoms with Gasteiger partial charge in [0.1, 0.15) is 22.5 Å². The summed E-state index contributed by atoms with van der Waals surface area (Å²) in [6, 6.07) is 7.64. The van der Waals surface area contributed by atoms with Crippen LogP contribution in [0.4, 0.5) is 11.4 Å². The number of amides is 3. The summed E-state index contributed by atoms with van der Waals surface area (Å²) in [4.78, 5) is 37.7. The molecule has 0 unspecified atom stereocenters. The number of carbonyl (C=O) groups excluding carboxylic acids is 3. The van der Waals surface area contributed by atoms with E-state index in [9.17, 15) is 66.3 Å². The molecule has 24 heteroatoms. The van der Waals surface area contributed by atoms with Crippen LogP contribution in [0.15, 0.2) is 106 Å². The van der Waals surface area contributed by atoms with Crippen LogP contribution in [0.3, 0.4) is 0 Å². The number of hydrogen-bond donors (Lipinski definition) is 4. The minimum absolute atomic E-state index is 0.0163. The predicted octanol–water partition coefficient (Wildman–Crippen LogP) is 2.55. The van der Waals surface area contributed by atoms with Gasteiger partial charge >= 0.3 is 0 Å². The van der Waals surface area contributed by atoms with E-state index in [0.717, 1.165) is 23.1 Å². The van der Waals surface area contributed by atoms with E-state index >= 15 is 0 Å². The van der Waals surface area contributed by atoms with Crippen molar-refractivity contribution in [2.24, 2.45) is 0 Å². The first-order valence-corrected chi connectivity index (χ1v) is 26.3. The highest BCUT2D eigenvalue weighted by atomic mass is 32.2. The topological polar surface area (TPSA) is 302 Å². The molecular formula is C42H50N4O16S4. The van der Waals surface area contributed by atoms with Gasteiger partial charge in [-0.25, -0.2) is 8.42 Å². The fraction of sp³-hybridized carbons (Fsp3) is 0.381. The maximum Gasteiger partial charge on any atom is 0.294 e. The summed E-state index contributed by atoms with van der Waals surface area (Å²) in [6.07, 6.45) is 13.1. The highest BCUT2D eigenvalue weighted by molar-refractivity contribution is 7.86. The van der Waals surface area contributed by atoms with Gasteiger partial charge in [0.15, 0.2) is 12.3 Å². The second-order valence-electron chi connectivity index (χ2n) is 16.5. The van der Waals surface area contributed by atoms with Crippen molar-refractivity contribution in [3.63, 3.8) is 0 Å². The second kappa shape index (κ2) is 20.0. The SMILES string of the molecule is CC1(C)C(/C=C/C=C(/C=C/C=C2/N(CCS(=O)(=O)O)c3ccc(S(=O)(=O)O)cc3C2(C)C)CCCOCC(=O)NCCN2C(=O)C=CC2=O)=[N+](CCS(=O)(=O)O)c2ccc(S(=O)(=O)[O-])cc21. The predicted molar refractivity (Wildman–Crippen MR) is 240 cm³/mol. The summed E-state index contributed by atoms with van der Waals surface area (Å²) in [7, 11) is -18.3. The average molecular weight is 995 g/mol. The molecule has 66 heavy (non-hydrogen) atoms. The molecular weight excluding hydrogens is 945 g/mol. The average Bonchev–Trinajstić information content (AvgIpc) is 3.72. The molecule has 20 nitrogen and oxygen atoms in total. The molecule has 3 aliphatic rings. The van der Waals surface area contributed by atoms with Crippen LogP contribution in [0.1, 0.15) is 51.7 Å². The van der Waals surface area contributed by atoms with Gasteiger partial charge in [-0.15, -0.1) is 0 Å². The molecule has 5 rings (SSSR count). The van der Waals surface area contributed by atoms with Crippen molar-refractivity contribution >= 4 is 75.3 Å². The zero-order chi connectivity index (χ0) is 49.0. The van der Waals surface area contributed by atoms with Gasteiger partial charge in [-0.2, -0.15) is 29.8 Å². The molecule has 0 atom stereocenters. The summed E-state index contributed by atoms with van der Waals surface area (Å²) in [5.41, 5.74) is 1.48. The van der Waals surface area contributed by atoms with Crippen LogP contribution in [-0.4, -0.2) is 136 Å². The Kier molecular flexibility index (Phi) is 15.7. The van der Waals surface area contributed by atoms with Crippen molar-refractivity contribution in [3.8, 4) is 0 Å². The van der Waals surface area contributed by atoms with Crippen LogP contribution in [0, 0.1) is 0 Å². The van der Waals surface area contributed by atoms with Gasteiger partial charge in [-0.05, 0) is 74.2 Å². The molecule has 0 radical (unpaired) electrons. The summed E-state index contributed by atoms with van der Waals surface area (Å²) in [5, 5.41) is 2.58. The van der Waals surface area contributed by atoms with Crippen molar-refractivity contribution in [3.05, 3.63) is 107 Å². The van der Waals surface area contributed by atoms with E-state index in [1.54, 1.807) is 73.6 Å². The highest BCUT2D eigenvalue weighted by Crippen LogP contribution is 2.48. The van der Waals surface area contributed by atoms with Crippen LogP contribution in [-0.2, 0) is 70.4 Å². The molecule has 0 aliphatic carbocycles. The number of hydrogen-bond acceptors (Lipinski definition) is 14. The molecule has 3 amide bonds. The number of allylic oxidation sites excluding steroid dienone is 8. The first-order valence-electron chi connectivity index (χ1n) is 20.2. The number of benzene rings is 2. The van der Waals surface area contributed by atoms with E-state index in [1.807, 2.05) is 0 Å². The van der Waals surface area contributed by atoms with Crippen LogP contribution in [0.5, 0.6) is 0 Å². The molecule has 358 valence electrons. The molecule has 0 aromatic heterocycles. The van der Waals surface area contributed by atoms with Crippen molar-refractivity contribution in [2.45, 2.75) is 61.2 Å². The maximum absolute atomic E-state index is 12.4. The zero-order valence-electron chi connectivity index (χ0n) is 36.3. The number of anilines is 1. The van der Waals surface area contributed by atoms with Crippen LogP contribution in [0.2, 0.25) is 0 Å². The fourth-order valence-electron chi connectivity index (χ4n) is 7.82. The van der Waals surface area contributed by atoms with Crippen LogP contribution in [0.25, 0.3) is 0 Å². The number of fused-ring (bicyclic) bond motifs is 2. The van der Waals surface area contributed by atoms with Crippen molar-refractivity contribution in [2.75, 3.05) is 55.8 Å². The molecule has 0 saturated heterocycles. The number of ether oxygens (including phenoxy) is 1. The molecule has 0 saturated carbocycles. The van der Waals surface area contributed by atoms with Crippen molar-refractivity contribution < 1.29 is 75.6 Å². The van der Waals surface area contributed by atoms with E-state index in [-0.39, 0.29) is 44.3 Å². The van der Waals surface area contributed by atoms with Crippen molar-refractivity contribution in [1.29, 1.82) is 0 Å². The Bertz CT molecular complexity index is 2930. The maximum atomic E-state index is 12.4. The first kappa shape index (κ1) is 51.8. The van der Waals surface area contributed by atoms with Gasteiger partial charge in [0.05, 0.1) is 21.0 Å². The van der Waals surface area contributed by atoms with Gasteiger partial charge in [-0.3, -0.25) is 32.9 Å². The smallest absolute Gasteiger partial charge is 0.294 e. The molecule has 4 N–H and O–H groups in total. The highest BCUT2D eigenvalue weighted by Gasteiger charge is 2.45. The molecule has 0 fully saturated rings. The number of carbonyl (C=O) groups is 3. The van der Waals surface area contributed by atoms with Gasteiger partial charge in [0.2, 0.25) is 11.6 Å². The Morgan fingerprint density at radius 3 is 2.08 bits per heavy atom. The van der Waals surface area contributed by atoms with E-state index in [4.69, 9.17) is 4.74 Å².